The molecule has 0 saturated heterocycles. The first-order valence-electron chi connectivity index (χ1n) is 6.63. The number of nitro groups is 1. The number of hydrogen-bond acceptors (Lipinski definition) is 7. The Bertz CT molecular complexity index is 821. The third kappa shape index (κ3) is 4.27. The molecule has 8 nitrogen and oxygen atoms in total. The van der Waals surface area contributed by atoms with Crippen LogP contribution in [0.2, 0.25) is 5.02 Å². The van der Waals surface area contributed by atoms with Crippen LogP contribution in [0, 0.1) is 24.0 Å². The van der Waals surface area contributed by atoms with Crippen molar-refractivity contribution in [1.82, 2.24) is 4.98 Å². The molecule has 1 amide bonds. The molecule has 2 rings (SSSR count). The van der Waals surface area contributed by atoms with E-state index in [9.17, 15) is 19.7 Å². The molecule has 0 atom stereocenters. The van der Waals surface area contributed by atoms with E-state index in [1.165, 1.54) is 23.5 Å². The molecule has 0 fully saturated rings. The van der Waals surface area contributed by atoms with E-state index in [1.54, 1.807) is 13.8 Å². The minimum atomic E-state index is -0.662. The van der Waals surface area contributed by atoms with Crippen molar-refractivity contribution in [1.29, 1.82) is 0 Å². The summed E-state index contributed by atoms with van der Waals surface area (Å²) in [5.41, 5.74) is 0.379. The molecule has 0 spiro atoms. The SMILES string of the molecule is Cc1nc(C)c(C(=O)OCC(=O)Nc2cc([N+](=O)[O-])ccc2Cl)s1. The van der Waals surface area contributed by atoms with Crippen molar-refractivity contribution in [3.63, 3.8) is 0 Å². The molecular weight excluding hydrogens is 358 g/mol. The number of rotatable bonds is 5. The number of halogens is 1. The molecular formula is C14H12ClN3O5S. The van der Waals surface area contributed by atoms with Crippen LogP contribution in [0.15, 0.2) is 18.2 Å². The second kappa shape index (κ2) is 7.37. The number of thiazole rings is 1. The maximum absolute atomic E-state index is 11.9. The summed E-state index contributed by atoms with van der Waals surface area (Å²) in [6.45, 7) is 2.88. The van der Waals surface area contributed by atoms with Crippen molar-refractivity contribution in [2.24, 2.45) is 0 Å². The van der Waals surface area contributed by atoms with Crippen molar-refractivity contribution in [2.45, 2.75) is 13.8 Å². The number of non-ortho nitro benzene ring substituents is 1. The molecule has 1 aromatic heterocycles. The van der Waals surface area contributed by atoms with Crippen LogP contribution in [0.1, 0.15) is 20.4 Å². The van der Waals surface area contributed by atoms with Gasteiger partial charge in [0, 0.05) is 12.1 Å². The second-order valence-electron chi connectivity index (χ2n) is 4.69. The van der Waals surface area contributed by atoms with Gasteiger partial charge in [-0.15, -0.1) is 11.3 Å². The van der Waals surface area contributed by atoms with Crippen LogP contribution in [0.5, 0.6) is 0 Å². The number of esters is 1. The van der Waals surface area contributed by atoms with Crippen LogP contribution >= 0.6 is 22.9 Å². The van der Waals surface area contributed by atoms with Gasteiger partial charge < -0.3 is 10.1 Å². The molecule has 0 saturated carbocycles. The molecule has 1 heterocycles. The Morgan fingerprint density at radius 2 is 2.12 bits per heavy atom. The molecule has 0 aliphatic carbocycles. The van der Waals surface area contributed by atoms with Crippen LogP contribution in [0.3, 0.4) is 0 Å². The zero-order chi connectivity index (χ0) is 17.9. The molecule has 2 aromatic rings. The fourth-order valence-electron chi connectivity index (χ4n) is 1.83. The van der Waals surface area contributed by atoms with E-state index in [1.807, 2.05) is 0 Å². The molecule has 1 aromatic carbocycles. The summed E-state index contributed by atoms with van der Waals surface area (Å²) in [6, 6.07) is 3.64. The van der Waals surface area contributed by atoms with Crippen molar-refractivity contribution in [2.75, 3.05) is 11.9 Å². The first-order chi connectivity index (χ1) is 11.3. The molecule has 0 bridgehead atoms. The van der Waals surface area contributed by atoms with Gasteiger partial charge in [-0.3, -0.25) is 14.9 Å². The van der Waals surface area contributed by atoms with Crippen LogP contribution in [0.4, 0.5) is 11.4 Å². The van der Waals surface area contributed by atoms with E-state index in [2.05, 4.69) is 10.3 Å². The van der Waals surface area contributed by atoms with Crippen molar-refractivity contribution >= 4 is 46.2 Å². The highest BCUT2D eigenvalue weighted by atomic mass is 35.5. The number of anilines is 1. The maximum Gasteiger partial charge on any atom is 0.350 e. The number of ether oxygens (including phenoxy) is 1. The van der Waals surface area contributed by atoms with Crippen LogP contribution < -0.4 is 5.32 Å². The number of carbonyl (C=O) groups is 2. The summed E-state index contributed by atoms with van der Waals surface area (Å²) in [4.78, 5) is 38.3. The van der Waals surface area contributed by atoms with E-state index in [0.717, 1.165) is 6.07 Å². The van der Waals surface area contributed by atoms with Gasteiger partial charge in [-0.2, -0.15) is 0 Å². The van der Waals surface area contributed by atoms with Crippen LogP contribution in [0.25, 0.3) is 0 Å². The van der Waals surface area contributed by atoms with E-state index in [-0.39, 0.29) is 16.4 Å². The molecule has 0 radical (unpaired) electrons. The molecule has 24 heavy (non-hydrogen) atoms. The zero-order valence-electron chi connectivity index (χ0n) is 12.7. The van der Waals surface area contributed by atoms with Crippen molar-refractivity contribution in [3.05, 3.63) is 48.9 Å². The number of nitro benzene ring substituents is 1. The molecule has 0 aliphatic rings. The fourth-order valence-corrected chi connectivity index (χ4v) is 2.80. The highest BCUT2D eigenvalue weighted by Crippen LogP contribution is 2.26. The third-order valence-electron chi connectivity index (χ3n) is 2.86. The average Bonchev–Trinajstić information content (AvgIpc) is 2.85. The quantitative estimate of drug-likeness (QED) is 0.492. The van der Waals surface area contributed by atoms with E-state index < -0.39 is 23.4 Å². The molecule has 0 unspecified atom stereocenters. The smallest absolute Gasteiger partial charge is 0.350 e. The van der Waals surface area contributed by atoms with Crippen molar-refractivity contribution in [3.8, 4) is 0 Å². The highest BCUT2D eigenvalue weighted by Gasteiger charge is 2.17. The Labute approximate surface area is 145 Å². The number of aryl methyl sites for hydroxylation is 2. The molecule has 1 N–H and O–H groups in total. The molecule has 0 aliphatic heterocycles. The third-order valence-corrected chi connectivity index (χ3v) is 4.24. The standard InChI is InChI=1S/C14H12ClN3O5S/c1-7-13(24-8(2)16-7)14(20)23-6-12(19)17-11-5-9(18(21)22)3-4-10(11)15/h3-5H,6H2,1-2H3,(H,17,19). The number of benzene rings is 1. The molecule has 10 heteroatoms. The lowest BCUT2D eigenvalue weighted by atomic mass is 10.3. The summed E-state index contributed by atoms with van der Waals surface area (Å²) < 4.78 is 4.92. The topological polar surface area (TPSA) is 111 Å². The Morgan fingerprint density at radius 3 is 2.71 bits per heavy atom. The Kier molecular flexibility index (Phi) is 5.47. The van der Waals surface area contributed by atoms with Gasteiger partial charge in [-0.1, -0.05) is 11.6 Å². The van der Waals surface area contributed by atoms with Gasteiger partial charge in [-0.05, 0) is 19.9 Å². The van der Waals surface area contributed by atoms with Crippen LogP contribution in [-0.2, 0) is 9.53 Å². The van der Waals surface area contributed by atoms with Crippen LogP contribution in [-0.4, -0.2) is 28.4 Å². The lowest BCUT2D eigenvalue weighted by molar-refractivity contribution is -0.384. The number of nitrogens with one attached hydrogen (secondary N) is 1. The second-order valence-corrected chi connectivity index (χ2v) is 6.30. The number of hydrogen-bond donors (Lipinski definition) is 1. The monoisotopic (exact) mass is 369 g/mol. The summed E-state index contributed by atoms with van der Waals surface area (Å²) in [7, 11) is 0. The van der Waals surface area contributed by atoms with Gasteiger partial charge in [0.15, 0.2) is 6.61 Å². The highest BCUT2D eigenvalue weighted by molar-refractivity contribution is 7.13. The summed E-state index contributed by atoms with van der Waals surface area (Å²) in [5.74, 6) is -1.32. The van der Waals surface area contributed by atoms with Gasteiger partial charge in [0.2, 0.25) is 0 Å². The lowest BCUT2D eigenvalue weighted by Gasteiger charge is -2.07. The molecule has 126 valence electrons. The summed E-state index contributed by atoms with van der Waals surface area (Å²) >= 11 is 7.05. The Morgan fingerprint density at radius 1 is 1.42 bits per heavy atom. The van der Waals surface area contributed by atoms with Crippen molar-refractivity contribution < 1.29 is 19.2 Å². The Hall–Kier alpha value is -2.52. The average molecular weight is 370 g/mol. The zero-order valence-corrected chi connectivity index (χ0v) is 14.2. The number of carbonyl (C=O) groups excluding carboxylic acids is 2. The predicted molar refractivity (Wildman–Crippen MR) is 88.6 cm³/mol. The van der Waals surface area contributed by atoms with E-state index >= 15 is 0 Å². The van der Waals surface area contributed by atoms with Gasteiger partial charge in [0.1, 0.15) is 4.88 Å². The van der Waals surface area contributed by atoms with Gasteiger partial charge in [-0.25, -0.2) is 9.78 Å². The number of amides is 1. The fraction of sp³-hybridized carbons (Fsp3) is 0.214. The van der Waals surface area contributed by atoms with E-state index in [0.29, 0.717) is 15.6 Å². The Balaban J connectivity index is 1.99. The van der Waals surface area contributed by atoms with Gasteiger partial charge >= 0.3 is 5.97 Å². The largest absolute Gasteiger partial charge is 0.451 e. The number of nitrogens with zero attached hydrogens (tertiary/aromatic N) is 2. The summed E-state index contributed by atoms with van der Waals surface area (Å²) in [5, 5.41) is 13.9. The summed E-state index contributed by atoms with van der Waals surface area (Å²) in [6.07, 6.45) is 0. The first kappa shape index (κ1) is 17.8. The van der Waals surface area contributed by atoms with Gasteiger partial charge in [0.25, 0.3) is 11.6 Å². The van der Waals surface area contributed by atoms with Gasteiger partial charge in [0.05, 0.1) is 26.3 Å². The normalized spacial score (nSPS) is 10.3. The lowest BCUT2D eigenvalue weighted by Crippen LogP contribution is -2.21. The maximum atomic E-state index is 11.9. The predicted octanol–water partition coefficient (Wildman–Crippen LogP) is 3.12. The number of aromatic nitrogens is 1. The van der Waals surface area contributed by atoms with E-state index in [4.69, 9.17) is 16.3 Å². The minimum absolute atomic E-state index is 0.0664. The minimum Gasteiger partial charge on any atom is -0.451 e. The first-order valence-corrected chi connectivity index (χ1v) is 7.82.